The van der Waals surface area contributed by atoms with Gasteiger partial charge in [-0.15, -0.1) is 0 Å². The number of carbonyl (C=O) groups is 1. The van der Waals surface area contributed by atoms with Crippen LogP contribution in [0.15, 0.2) is 51.9 Å². The summed E-state index contributed by atoms with van der Waals surface area (Å²) in [5.41, 5.74) is 1.75. The highest BCUT2D eigenvalue weighted by Crippen LogP contribution is 2.21. The molecule has 0 spiro atoms. The molecule has 5 nitrogen and oxygen atoms in total. The SMILES string of the molecule is Cc1ccc(N=c2oc3ccc(Cl)cc3cc2C(=O)NC[C@H]2CCCO2)cc1F. The Bertz CT molecular complexity index is 1140. The lowest BCUT2D eigenvalue weighted by molar-refractivity contribution is 0.0854. The highest BCUT2D eigenvalue weighted by molar-refractivity contribution is 6.31. The van der Waals surface area contributed by atoms with E-state index < -0.39 is 0 Å². The van der Waals surface area contributed by atoms with Gasteiger partial charge in [-0.1, -0.05) is 17.7 Å². The Morgan fingerprint density at radius 2 is 2.14 bits per heavy atom. The van der Waals surface area contributed by atoms with Gasteiger partial charge in [0.2, 0.25) is 5.55 Å². The van der Waals surface area contributed by atoms with Crippen LogP contribution in [-0.2, 0) is 4.74 Å². The van der Waals surface area contributed by atoms with Crippen LogP contribution in [0.5, 0.6) is 0 Å². The van der Waals surface area contributed by atoms with Crippen LogP contribution in [0.4, 0.5) is 10.1 Å². The average Bonchev–Trinajstić information content (AvgIpc) is 3.22. The van der Waals surface area contributed by atoms with Gasteiger partial charge < -0.3 is 14.5 Å². The number of benzene rings is 2. The molecule has 150 valence electrons. The van der Waals surface area contributed by atoms with E-state index >= 15 is 0 Å². The quantitative estimate of drug-likeness (QED) is 0.674. The third-order valence-electron chi connectivity index (χ3n) is 4.85. The summed E-state index contributed by atoms with van der Waals surface area (Å²) < 4.78 is 25.4. The first-order chi connectivity index (χ1) is 14.0. The van der Waals surface area contributed by atoms with Crippen molar-refractivity contribution in [2.24, 2.45) is 4.99 Å². The number of amides is 1. The fourth-order valence-corrected chi connectivity index (χ4v) is 3.40. The van der Waals surface area contributed by atoms with Crippen molar-refractivity contribution in [2.45, 2.75) is 25.9 Å². The van der Waals surface area contributed by atoms with E-state index in [0.29, 0.717) is 40.4 Å². The minimum absolute atomic E-state index is 0.0115. The molecule has 0 bridgehead atoms. The van der Waals surface area contributed by atoms with Gasteiger partial charge >= 0.3 is 0 Å². The predicted octanol–water partition coefficient (Wildman–Crippen LogP) is 4.67. The van der Waals surface area contributed by atoms with Crippen molar-refractivity contribution < 1.29 is 18.3 Å². The van der Waals surface area contributed by atoms with Crippen LogP contribution in [0.3, 0.4) is 0 Å². The van der Waals surface area contributed by atoms with Crippen molar-refractivity contribution in [3.63, 3.8) is 0 Å². The van der Waals surface area contributed by atoms with E-state index in [2.05, 4.69) is 10.3 Å². The highest BCUT2D eigenvalue weighted by Gasteiger charge is 2.18. The van der Waals surface area contributed by atoms with Crippen LogP contribution < -0.4 is 10.9 Å². The number of carbonyl (C=O) groups excluding carboxylic acids is 1. The van der Waals surface area contributed by atoms with Crippen molar-refractivity contribution in [3.05, 3.63) is 70.0 Å². The zero-order chi connectivity index (χ0) is 20.4. The molecule has 0 unspecified atom stereocenters. The maximum atomic E-state index is 13.9. The van der Waals surface area contributed by atoms with E-state index in [4.69, 9.17) is 20.8 Å². The number of aryl methyl sites for hydroxylation is 1. The second kappa shape index (κ2) is 8.35. The molecule has 2 aromatic carbocycles. The molecule has 1 atom stereocenters. The largest absolute Gasteiger partial charge is 0.438 e. The van der Waals surface area contributed by atoms with Gasteiger partial charge in [0, 0.05) is 23.6 Å². The molecule has 7 heteroatoms. The molecular weight excluding hydrogens is 395 g/mol. The van der Waals surface area contributed by atoms with Gasteiger partial charge in [-0.2, -0.15) is 0 Å². The topological polar surface area (TPSA) is 63.8 Å². The number of nitrogens with zero attached hydrogens (tertiary/aromatic N) is 1. The second-order valence-electron chi connectivity index (χ2n) is 7.04. The van der Waals surface area contributed by atoms with Gasteiger partial charge in [-0.05, 0) is 61.7 Å². The fourth-order valence-electron chi connectivity index (χ4n) is 3.22. The van der Waals surface area contributed by atoms with Crippen molar-refractivity contribution in [1.29, 1.82) is 0 Å². The van der Waals surface area contributed by atoms with Gasteiger partial charge in [0.25, 0.3) is 5.91 Å². The summed E-state index contributed by atoms with van der Waals surface area (Å²) >= 11 is 6.08. The molecule has 1 aromatic heterocycles. The van der Waals surface area contributed by atoms with Crippen LogP contribution in [0, 0.1) is 12.7 Å². The number of hydrogen-bond acceptors (Lipinski definition) is 4. The van der Waals surface area contributed by atoms with Gasteiger partial charge in [0.05, 0.1) is 11.8 Å². The van der Waals surface area contributed by atoms with Crippen LogP contribution in [-0.4, -0.2) is 25.2 Å². The fraction of sp³-hybridized carbons (Fsp3) is 0.273. The second-order valence-corrected chi connectivity index (χ2v) is 7.47. The van der Waals surface area contributed by atoms with Crippen LogP contribution >= 0.6 is 11.6 Å². The van der Waals surface area contributed by atoms with Gasteiger partial charge in [0.15, 0.2) is 0 Å². The lowest BCUT2D eigenvalue weighted by Crippen LogP contribution is -2.34. The first kappa shape index (κ1) is 19.6. The normalized spacial score (nSPS) is 17.1. The Kier molecular flexibility index (Phi) is 5.65. The number of hydrogen-bond donors (Lipinski definition) is 1. The smallest absolute Gasteiger partial charge is 0.256 e. The van der Waals surface area contributed by atoms with E-state index in [1.165, 1.54) is 6.07 Å². The zero-order valence-electron chi connectivity index (χ0n) is 15.9. The minimum atomic E-state index is -0.372. The monoisotopic (exact) mass is 414 g/mol. The lowest BCUT2D eigenvalue weighted by Gasteiger charge is -2.11. The molecule has 0 radical (unpaired) electrons. The van der Waals surface area contributed by atoms with E-state index in [9.17, 15) is 9.18 Å². The molecule has 1 N–H and O–H groups in total. The van der Waals surface area contributed by atoms with Crippen molar-refractivity contribution in [2.75, 3.05) is 13.2 Å². The molecule has 1 amide bonds. The minimum Gasteiger partial charge on any atom is -0.438 e. The number of rotatable bonds is 4. The first-order valence-electron chi connectivity index (χ1n) is 9.44. The maximum absolute atomic E-state index is 13.9. The summed E-state index contributed by atoms with van der Waals surface area (Å²) in [4.78, 5) is 17.3. The number of ether oxygens (including phenoxy) is 1. The molecule has 0 saturated carbocycles. The number of halogens is 2. The van der Waals surface area contributed by atoms with Gasteiger partial charge in [-0.3, -0.25) is 4.79 Å². The molecule has 4 rings (SSSR count). The third kappa shape index (κ3) is 4.49. The van der Waals surface area contributed by atoms with Crippen molar-refractivity contribution in [3.8, 4) is 0 Å². The van der Waals surface area contributed by atoms with Crippen LogP contribution in [0.25, 0.3) is 11.0 Å². The van der Waals surface area contributed by atoms with E-state index in [1.807, 2.05) is 0 Å². The molecule has 29 heavy (non-hydrogen) atoms. The van der Waals surface area contributed by atoms with Crippen molar-refractivity contribution in [1.82, 2.24) is 5.32 Å². The van der Waals surface area contributed by atoms with E-state index in [0.717, 1.165) is 12.8 Å². The summed E-state index contributed by atoms with van der Waals surface area (Å²) in [5, 5.41) is 4.08. The Balaban J connectivity index is 1.76. The summed E-state index contributed by atoms with van der Waals surface area (Å²) in [6.07, 6.45) is 1.92. The van der Waals surface area contributed by atoms with Crippen molar-refractivity contribution >= 4 is 34.2 Å². The Morgan fingerprint density at radius 1 is 1.28 bits per heavy atom. The Hall–Kier alpha value is -2.70. The maximum Gasteiger partial charge on any atom is 0.256 e. The van der Waals surface area contributed by atoms with Gasteiger partial charge in [-0.25, -0.2) is 9.38 Å². The summed E-state index contributed by atoms with van der Waals surface area (Å²) in [6.45, 7) is 2.79. The molecule has 0 aliphatic carbocycles. The molecule has 1 fully saturated rings. The molecule has 1 saturated heterocycles. The molecule has 3 aromatic rings. The predicted molar refractivity (Wildman–Crippen MR) is 109 cm³/mol. The number of fused-ring (bicyclic) bond motifs is 1. The van der Waals surface area contributed by atoms with E-state index in [-0.39, 0.29) is 28.9 Å². The van der Waals surface area contributed by atoms with Crippen LogP contribution in [0.1, 0.15) is 28.8 Å². The first-order valence-corrected chi connectivity index (χ1v) is 9.81. The van der Waals surface area contributed by atoms with E-state index in [1.54, 1.807) is 43.3 Å². The number of nitrogens with one attached hydrogen (secondary N) is 1. The molecular formula is C22H20ClFN2O3. The average molecular weight is 415 g/mol. The Morgan fingerprint density at radius 3 is 2.90 bits per heavy atom. The molecule has 2 heterocycles. The summed E-state index contributed by atoms with van der Waals surface area (Å²) in [5.74, 6) is -0.708. The lowest BCUT2D eigenvalue weighted by atomic mass is 10.1. The Labute approximate surface area is 172 Å². The highest BCUT2D eigenvalue weighted by atomic mass is 35.5. The third-order valence-corrected chi connectivity index (χ3v) is 5.09. The van der Waals surface area contributed by atoms with Crippen LogP contribution in [0.2, 0.25) is 5.02 Å². The molecule has 1 aliphatic heterocycles. The molecule has 1 aliphatic rings. The summed E-state index contributed by atoms with van der Waals surface area (Å²) in [7, 11) is 0. The summed E-state index contributed by atoms with van der Waals surface area (Å²) in [6, 6.07) is 11.4. The zero-order valence-corrected chi connectivity index (χ0v) is 16.6. The standard InChI is InChI=1S/C22H20ClFN2O3/c1-13-4-6-16(11-19(13)24)26-22-18(21(27)25-12-17-3-2-8-28-17)10-14-9-15(23)5-7-20(14)29-22/h4-7,9-11,17H,2-3,8,12H2,1H3,(H,25,27)/t17-/m1/s1. The van der Waals surface area contributed by atoms with Gasteiger partial charge in [0.1, 0.15) is 17.0 Å².